The van der Waals surface area contributed by atoms with Gasteiger partial charge in [-0.3, -0.25) is 0 Å². The zero-order chi connectivity index (χ0) is 11.3. The van der Waals surface area contributed by atoms with Crippen molar-refractivity contribution < 1.29 is 4.74 Å². The van der Waals surface area contributed by atoms with Crippen molar-refractivity contribution in [2.45, 2.75) is 32.7 Å². The van der Waals surface area contributed by atoms with Gasteiger partial charge in [-0.1, -0.05) is 5.21 Å². The van der Waals surface area contributed by atoms with Crippen molar-refractivity contribution in [3.8, 4) is 6.07 Å². The summed E-state index contributed by atoms with van der Waals surface area (Å²) in [4.78, 5) is 0. The topological polar surface area (TPSA) is 63.7 Å². The summed E-state index contributed by atoms with van der Waals surface area (Å²) in [6, 6.07) is 2.33. The smallest absolute Gasteiger partial charge is 0.0996 e. The third-order valence-electron chi connectivity index (χ3n) is 2.43. The minimum atomic E-state index is 0.255. The summed E-state index contributed by atoms with van der Waals surface area (Å²) in [6.45, 7) is 4.71. The molecule has 1 heterocycles. The Hall–Kier alpha value is -1.41. The van der Waals surface area contributed by atoms with Gasteiger partial charge in [0.2, 0.25) is 0 Å². The molecular formula is C10H16N4O. The van der Waals surface area contributed by atoms with Crippen LogP contribution in [0.3, 0.4) is 0 Å². The molecule has 0 aromatic carbocycles. The number of rotatable bonds is 5. The lowest BCUT2D eigenvalue weighted by atomic mass is 10.2. The van der Waals surface area contributed by atoms with Crippen LogP contribution < -0.4 is 0 Å². The van der Waals surface area contributed by atoms with E-state index in [1.807, 2.05) is 11.6 Å². The molecule has 5 heteroatoms. The van der Waals surface area contributed by atoms with Crippen molar-refractivity contribution in [1.29, 1.82) is 5.26 Å². The van der Waals surface area contributed by atoms with Crippen molar-refractivity contribution in [3.05, 3.63) is 11.4 Å². The quantitative estimate of drug-likeness (QED) is 0.730. The number of hydrogen-bond donors (Lipinski definition) is 0. The Morgan fingerprint density at radius 1 is 1.60 bits per heavy atom. The number of aromatic nitrogens is 3. The van der Waals surface area contributed by atoms with E-state index in [-0.39, 0.29) is 6.04 Å². The maximum absolute atomic E-state index is 8.59. The number of hydrogen-bond acceptors (Lipinski definition) is 4. The first-order valence-corrected chi connectivity index (χ1v) is 4.97. The van der Waals surface area contributed by atoms with E-state index < -0.39 is 0 Å². The lowest BCUT2D eigenvalue weighted by molar-refractivity contribution is 0.178. The first kappa shape index (κ1) is 11.7. The highest BCUT2D eigenvalue weighted by Crippen LogP contribution is 2.14. The molecule has 0 amide bonds. The van der Waals surface area contributed by atoms with Crippen LogP contribution in [0.5, 0.6) is 0 Å². The molecule has 15 heavy (non-hydrogen) atoms. The SMILES string of the molecule is COCCC(C)n1nnc(CC#N)c1C. The van der Waals surface area contributed by atoms with Gasteiger partial charge in [0.05, 0.1) is 29.9 Å². The van der Waals surface area contributed by atoms with Gasteiger partial charge >= 0.3 is 0 Å². The van der Waals surface area contributed by atoms with Crippen molar-refractivity contribution in [1.82, 2.24) is 15.0 Å². The average molecular weight is 208 g/mol. The monoisotopic (exact) mass is 208 g/mol. The highest BCUT2D eigenvalue weighted by atomic mass is 16.5. The molecule has 1 unspecified atom stereocenters. The van der Waals surface area contributed by atoms with Crippen molar-refractivity contribution >= 4 is 0 Å². The van der Waals surface area contributed by atoms with Gasteiger partial charge in [-0.15, -0.1) is 5.10 Å². The van der Waals surface area contributed by atoms with E-state index in [0.717, 1.165) is 17.8 Å². The maximum Gasteiger partial charge on any atom is 0.0996 e. The van der Waals surface area contributed by atoms with Crippen LogP contribution in [0.1, 0.15) is 30.8 Å². The molecule has 0 bridgehead atoms. The largest absolute Gasteiger partial charge is 0.385 e. The molecule has 0 spiro atoms. The Labute approximate surface area is 89.7 Å². The fraction of sp³-hybridized carbons (Fsp3) is 0.700. The van der Waals surface area contributed by atoms with Crippen LogP contribution >= 0.6 is 0 Å². The van der Waals surface area contributed by atoms with E-state index in [0.29, 0.717) is 13.0 Å². The molecule has 0 radical (unpaired) electrons. The fourth-order valence-corrected chi connectivity index (χ4v) is 1.44. The van der Waals surface area contributed by atoms with E-state index in [4.69, 9.17) is 10.00 Å². The second-order valence-corrected chi connectivity index (χ2v) is 3.53. The van der Waals surface area contributed by atoms with Crippen LogP contribution in [0.2, 0.25) is 0 Å². The number of nitriles is 1. The highest BCUT2D eigenvalue weighted by molar-refractivity contribution is 5.12. The molecule has 1 atom stereocenters. The highest BCUT2D eigenvalue weighted by Gasteiger charge is 2.12. The van der Waals surface area contributed by atoms with Gasteiger partial charge in [0.15, 0.2) is 0 Å². The van der Waals surface area contributed by atoms with E-state index in [1.165, 1.54) is 0 Å². The van der Waals surface area contributed by atoms with Gasteiger partial charge in [0.25, 0.3) is 0 Å². The van der Waals surface area contributed by atoms with Crippen molar-refractivity contribution in [2.24, 2.45) is 0 Å². The van der Waals surface area contributed by atoms with Crippen molar-refractivity contribution in [3.63, 3.8) is 0 Å². The lowest BCUT2D eigenvalue weighted by Gasteiger charge is -2.12. The predicted octanol–water partition coefficient (Wildman–Crippen LogP) is 1.25. The Morgan fingerprint density at radius 2 is 2.33 bits per heavy atom. The van der Waals surface area contributed by atoms with Gasteiger partial charge < -0.3 is 4.74 Å². The van der Waals surface area contributed by atoms with Gasteiger partial charge in [-0.2, -0.15) is 5.26 Å². The summed E-state index contributed by atoms with van der Waals surface area (Å²) < 4.78 is 6.87. The zero-order valence-electron chi connectivity index (χ0n) is 9.40. The zero-order valence-corrected chi connectivity index (χ0v) is 9.40. The molecule has 0 aliphatic heterocycles. The van der Waals surface area contributed by atoms with E-state index in [2.05, 4.69) is 23.3 Å². The molecule has 5 nitrogen and oxygen atoms in total. The molecule has 0 saturated heterocycles. The Bertz CT molecular complexity index is 353. The molecular weight excluding hydrogens is 192 g/mol. The van der Waals surface area contributed by atoms with Crippen LogP contribution in [0.25, 0.3) is 0 Å². The van der Waals surface area contributed by atoms with Crippen LogP contribution in [0, 0.1) is 18.3 Å². The number of ether oxygens (including phenoxy) is 1. The Morgan fingerprint density at radius 3 is 2.93 bits per heavy atom. The second-order valence-electron chi connectivity index (χ2n) is 3.53. The summed E-state index contributed by atoms with van der Waals surface area (Å²) in [6.07, 6.45) is 1.22. The first-order valence-electron chi connectivity index (χ1n) is 4.97. The predicted molar refractivity (Wildman–Crippen MR) is 55.3 cm³/mol. The van der Waals surface area contributed by atoms with Gasteiger partial charge in [-0.05, 0) is 20.3 Å². The summed E-state index contributed by atoms with van der Waals surface area (Å²) in [5.41, 5.74) is 1.74. The number of nitrogens with zero attached hydrogens (tertiary/aromatic N) is 4. The number of methoxy groups -OCH3 is 1. The van der Waals surface area contributed by atoms with E-state index in [1.54, 1.807) is 7.11 Å². The Kier molecular flexibility index (Phi) is 4.25. The maximum atomic E-state index is 8.59. The van der Waals surface area contributed by atoms with Crippen LogP contribution in [-0.2, 0) is 11.2 Å². The summed E-state index contributed by atoms with van der Waals surface area (Å²) in [5.74, 6) is 0. The van der Waals surface area contributed by atoms with E-state index >= 15 is 0 Å². The molecule has 1 aromatic rings. The van der Waals surface area contributed by atoms with Gasteiger partial charge in [0, 0.05) is 13.7 Å². The third kappa shape index (κ3) is 2.77. The second kappa shape index (κ2) is 5.47. The molecule has 0 aliphatic carbocycles. The molecule has 1 aromatic heterocycles. The lowest BCUT2D eigenvalue weighted by Crippen LogP contribution is -2.11. The van der Waals surface area contributed by atoms with Crippen LogP contribution in [0.4, 0.5) is 0 Å². The molecule has 0 saturated carbocycles. The normalized spacial score (nSPS) is 12.4. The molecule has 82 valence electrons. The standard InChI is InChI=1S/C10H16N4O/c1-8(5-7-15-3)14-9(2)10(4-6-11)12-13-14/h8H,4-5,7H2,1-3H3. The first-order chi connectivity index (χ1) is 7.20. The van der Waals surface area contributed by atoms with Crippen LogP contribution in [-0.4, -0.2) is 28.7 Å². The summed E-state index contributed by atoms with van der Waals surface area (Å²) in [5, 5.41) is 16.6. The van der Waals surface area contributed by atoms with Crippen molar-refractivity contribution in [2.75, 3.05) is 13.7 Å². The average Bonchev–Trinajstić information content (AvgIpc) is 2.58. The minimum Gasteiger partial charge on any atom is -0.385 e. The molecule has 1 rings (SSSR count). The molecule has 0 fully saturated rings. The Balaban J connectivity index is 2.73. The fourth-order valence-electron chi connectivity index (χ4n) is 1.44. The third-order valence-corrected chi connectivity index (χ3v) is 2.43. The summed E-state index contributed by atoms with van der Waals surface area (Å²) >= 11 is 0. The summed E-state index contributed by atoms with van der Waals surface area (Å²) in [7, 11) is 1.68. The van der Waals surface area contributed by atoms with Gasteiger partial charge in [-0.25, -0.2) is 4.68 Å². The minimum absolute atomic E-state index is 0.255. The molecule has 0 N–H and O–H groups in total. The molecule has 0 aliphatic rings. The van der Waals surface area contributed by atoms with Crippen LogP contribution in [0.15, 0.2) is 0 Å². The van der Waals surface area contributed by atoms with Gasteiger partial charge in [0.1, 0.15) is 0 Å². The van der Waals surface area contributed by atoms with E-state index in [9.17, 15) is 0 Å².